The van der Waals surface area contributed by atoms with Gasteiger partial charge in [0.1, 0.15) is 12.4 Å². The van der Waals surface area contributed by atoms with Crippen molar-refractivity contribution in [3.05, 3.63) is 23.5 Å². The summed E-state index contributed by atoms with van der Waals surface area (Å²) in [5.41, 5.74) is 6.90. The van der Waals surface area contributed by atoms with Crippen molar-refractivity contribution in [2.45, 2.75) is 32.4 Å². The summed E-state index contributed by atoms with van der Waals surface area (Å²) in [5.74, 6) is -0.650. The Hall–Kier alpha value is -2.15. The molecule has 0 saturated carbocycles. The van der Waals surface area contributed by atoms with Gasteiger partial charge in [0, 0.05) is 12.6 Å². The first-order valence-electron chi connectivity index (χ1n) is 7.24. The topological polar surface area (TPSA) is 75.9 Å². The number of ether oxygens (including phenoxy) is 1. The van der Waals surface area contributed by atoms with Crippen molar-refractivity contribution in [1.82, 2.24) is 0 Å². The van der Waals surface area contributed by atoms with Gasteiger partial charge in [0.2, 0.25) is 5.91 Å². The number of carbonyl (C=O) groups excluding carboxylic acids is 2. The molecule has 7 heteroatoms. The second kappa shape index (κ2) is 5.24. The zero-order valence-corrected chi connectivity index (χ0v) is 12.5. The first kappa shape index (κ1) is 14.8. The molecule has 2 amide bonds. The highest BCUT2D eigenvalue weighted by atomic mass is 19.1. The highest BCUT2D eigenvalue weighted by Gasteiger charge is 2.37. The molecular formula is C15H18FN3O3. The van der Waals surface area contributed by atoms with Crippen molar-refractivity contribution < 1.29 is 18.7 Å². The molecule has 1 aromatic rings. The first-order valence-corrected chi connectivity index (χ1v) is 7.24. The van der Waals surface area contributed by atoms with Gasteiger partial charge in [0.25, 0.3) is 0 Å². The van der Waals surface area contributed by atoms with E-state index in [0.29, 0.717) is 16.9 Å². The monoisotopic (exact) mass is 307 g/mol. The molecule has 6 nitrogen and oxygen atoms in total. The van der Waals surface area contributed by atoms with Crippen molar-refractivity contribution in [2.75, 3.05) is 23.0 Å². The Morgan fingerprint density at radius 2 is 2.14 bits per heavy atom. The number of hydrogen-bond donors (Lipinski definition) is 1. The van der Waals surface area contributed by atoms with Crippen LogP contribution in [0.5, 0.6) is 0 Å². The predicted molar refractivity (Wildman–Crippen MR) is 79.4 cm³/mol. The van der Waals surface area contributed by atoms with Crippen molar-refractivity contribution in [2.24, 2.45) is 5.73 Å². The van der Waals surface area contributed by atoms with Gasteiger partial charge in [0.15, 0.2) is 0 Å². The third-order valence-electron chi connectivity index (χ3n) is 4.01. The van der Waals surface area contributed by atoms with Crippen LogP contribution >= 0.6 is 0 Å². The third kappa shape index (κ3) is 2.12. The van der Waals surface area contributed by atoms with Crippen LogP contribution < -0.4 is 15.5 Å². The Morgan fingerprint density at radius 1 is 1.41 bits per heavy atom. The summed E-state index contributed by atoms with van der Waals surface area (Å²) in [4.78, 5) is 26.7. The molecule has 1 fully saturated rings. The van der Waals surface area contributed by atoms with Crippen LogP contribution in [0.1, 0.15) is 19.4 Å². The normalized spacial score (nSPS) is 20.9. The largest absolute Gasteiger partial charge is 0.447 e. The molecule has 3 rings (SSSR count). The third-order valence-corrected chi connectivity index (χ3v) is 4.01. The lowest BCUT2D eigenvalue weighted by Gasteiger charge is -2.24. The Bertz CT molecular complexity index is 647. The lowest BCUT2D eigenvalue weighted by Crippen LogP contribution is -2.39. The molecule has 1 unspecified atom stereocenters. The number of carbonyl (C=O) groups is 2. The van der Waals surface area contributed by atoms with E-state index in [1.54, 1.807) is 6.07 Å². The molecule has 2 aliphatic rings. The zero-order chi connectivity index (χ0) is 16.0. The number of rotatable bonds is 3. The first-order chi connectivity index (χ1) is 10.4. The van der Waals surface area contributed by atoms with Crippen LogP contribution in [0.4, 0.5) is 20.6 Å². The number of amides is 2. The van der Waals surface area contributed by atoms with Crippen molar-refractivity contribution in [3.8, 4) is 0 Å². The van der Waals surface area contributed by atoms with E-state index < -0.39 is 11.9 Å². The van der Waals surface area contributed by atoms with Crippen molar-refractivity contribution in [1.29, 1.82) is 0 Å². The molecular weight excluding hydrogens is 289 g/mol. The molecule has 2 aliphatic heterocycles. The van der Waals surface area contributed by atoms with Gasteiger partial charge in [-0.25, -0.2) is 9.18 Å². The summed E-state index contributed by atoms with van der Waals surface area (Å²) in [6, 6.07) is 2.50. The Labute approximate surface area is 127 Å². The smallest absolute Gasteiger partial charge is 0.414 e. The van der Waals surface area contributed by atoms with E-state index in [1.807, 2.05) is 13.8 Å². The summed E-state index contributed by atoms with van der Waals surface area (Å²) in [5, 5.41) is 0. The number of fused-ring (bicyclic) bond motifs is 1. The molecule has 2 N–H and O–H groups in total. The fourth-order valence-corrected chi connectivity index (χ4v) is 3.05. The van der Waals surface area contributed by atoms with Crippen LogP contribution in [0.2, 0.25) is 0 Å². The van der Waals surface area contributed by atoms with Gasteiger partial charge in [-0.15, -0.1) is 0 Å². The van der Waals surface area contributed by atoms with Gasteiger partial charge in [-0.1, -0.05) is 0 Å². The molecule has 1 atom stereocenters. The summed E-state index contributed by atoms with van der Waals surface area (Å²) >= 11 is 0. The van der Waals surface area contributed by atoms with Gasteiger partial charge < -0.3 is 15.4 Å². The van der Waals surface area contributed by atoms with E-state index in [1.165, 1.54) is 15.9 Å². The van der Waals surface area contributed by atoms with Crippen LogP contribution in [0.3, 0.4) is 0 Å². The number of hydrogen-bond acceptors (Lipinski definition) is 4. The molecule has 1 aromatic carbocycles. The summed E-state index contributed by atoms with van der Waals surface area (Å²) < 4.78 is 19.5. The van der Waals surface area contributed by atoms with Gasteiger partial charge in [-0.3, -0.25) is 9.69 Å². The number of nitrogens with two attached hydrogens (primary N) is 1. The van der Waals surface area contributed by atoms with E-state index in [0.717, 1.165) is 0 Å². The van der Waals surface area contributed by atoms with Gasteiger partial charge in [-0.05, 0) is 31.5 Å². The fraction of sp³-hybridized carbons (Fsp3) is 0.467. The molecule has 118 valence electrons. The Kier molecular flexibility index (Phi) is 3.52. The average Bonchev–Trinajstić information content (AvgIpc) is 2.98. The zero-order valence-electron chi connectivity index (χ0n) is 12.5. The van der Waals surface area contributed by atoms with Gasteiger partial charge in [-0.2, -0.15) is 0 Å². The van der Waals surface area contributed by atoms with Gasteiger partial charge in [0.05, 0.1) is 23.8 Å². The molecule has 2 heterocycles. The lowest BCUT2D eigenvalue weighted by atomic mass is 10.1. The molecule has 0 radical (unpaired) electrons. The van der Waals surface area contributed by atoms with Crippen molar-refractivity contribution >= 4 is 23.4 Å². The van der Waals surface area contributed by atoms with Crippen LogP contribution in [-0.4, -0.2) is 37.2 Å². The number of anilines is 2. The standard InChI is InChI=1S/C15H18FN3O3/c1-8(2)18-13(20)4-9-3-10(5-12(16)14(9)18)19-11(6-17)7-22-15(19)21/h3,5,8,11H,4,6-7,17H2,1-2H3. The number of nitrogens with zero attached hydrogens (tertiary/aromatic N) is 2. The quantitative estimate of drug-likeness (QED) is 0.916. The Morgan fingerprint density at radius 3 is 2.77 bits per heavy atom. The maximum atomic E-state index is 14.5. The maximum Gasteiger partial charge on any atom is 0.414 e. The highest BCUT2D eigenvalue weighted by molar-refractivity contribution is 6.03. The molecule has 22 heavy (non-hydrogen) atoms. The fourth-order valence-electron chi connectivity index (χ4n) is 3.05. The van der Waals surface area contributed by atoms with E-state index in [9.17, 15) is 14.0 Å². The minimum absolute atomic E-state index is 0.123. The average molecular weight is 307 g/mol. The second-order valence-corrected chi connectivity index (χ2v) is 5.81. The van der Waals surface area contributed by atoms with E-state index in [2.05, 4.69) is 0 Å². The van der Waals surface area contributed by atoms with E-state index in [4.69, 9.17) is 10.5 Å². The molecule has 0 spiro atoms. The summed E-state index contributed by atoms with van der Waals surface area (Å²) in [6.07, 6.45) is -0.408. The predicted octanol–water partition coefficient (Wildman–Crippen LogP) is 1.41. The van der Waals surface area contributed by atoms with Crippen molar-refractivity contribution in [3.63, 3.8) is 0 Å². The number of benzene rings is 1. The van der Waals surface area contributed by atoms with Gasteiger partial charge >= 0.3 is 6.09 Å². The molecule has 0 bridgehead atoms. The summed E-state index contributed by atoms with van der Waals surface area (Å²) in [7, 11) is 0. The van der Waals surface area contributed by atoms with Crippen LogP contribution in [-0.2, 0) is 16.0 Å². The van der Waals surface area contributed by atoms with E-state index >= 15 is 0 Å². The Balaban J connectivity index is 2.05. The molecule has 1 saturated heterocycles. The summed E-state index contributed by atoms with van der Waals surface area (Å²) in [6.45, 7) is 4.08. The maximum absolute atomic E-state index is 14.5. The lowest BCUT2D eigenvalue weighted by molar-refractivity contribution is -0.117. The highest BCUT2D eigenvalue weighted by Crippen LogP contribution is 2.37. The SMILES string of the molecule is CC(C)N1C(=O)Cc2cc(N3C(=O)OCC3CN)cc(F)c21. The van der Waals surface area contributed by atoms with Crippen LogP contribution in [0, 0.1) is 5.82 Å². The van der Waals surface area contributed by atoms with Crippen LogP contribution in [0.15, 0.2) is 12.1 Å². The second-order valence-electron chi connectivity index (χ2n) is 5.81. The molecule has 0 aromatic heterocycles. The van der Waals surface area contributed by atoms with Crippen LogP contribution in [0.25, 0.3) is 0 Å². The minimum atomic E-state index is -0.542. The molecule has 0 aliphatic carbocycles. The number of cyclic esters (lactones) is 1. The number of halogens is 1. The minimum Gasteiger partial charge on any atom is -0.447 e. The van der Waals surface area contributed by atoms with E-state index in [-0.39, 0.29) is 37.6 Å².